The molecule has 4 nitrogen and oxygen atoms in total. The van der Waals surface area contributed by atoms with Gasteiger partial charge in [0.2, 0.25) is 0 Å². The monoisotopic (exact) mass is 402 g/mol. The smallest absolute Gasteiger partial charge is 0.336 e. The molecule has 1 aliphatic rings. The highest BCUT2D eigenvalue weighted by molar-refractivity contribution is 6.07. The third kappa shape index (κ3) is 3.70. The van der Waals surface area contributed by atoms with E-state index in [1.807, 2.05) is 43.3 Å². The number of carbonyl (C=O) groups excluding carboxylic acids is 1. The van der Waals surface area contributed by atoms with Crippen LogP contribution in [0.2, 0.25) is 0 Å². The molecule has 1 saturated carbocycles. The molecule has 3 aromatic rings. The minimum Gasteiger partial charge on any atom is -0.478 e. The quantitative estimate of drug-likeness (QED) is 0.414. The molecule has 1 aliphatic carbocycles. The van der Waals surface area contributed by atoms with Gasteiger partial charge in [0.05, 0.1) is 11.5 Å². The summed E-state index contributed by atoms with van der Waals surface area (Å²) in [6, 6.07) is 16.7. The number of aryl methyl sites for hydroxylation is 1. The first-order valence-electron chi connectivity index (χ1n) is 10.5. The van der Waals surface area contributed by atoms with E-state index in [1.165, 1.54) is 0 Å². The molecular formula is C26H26O4. The van der Waals surface area contributed by atoms with Gasteiger partial charge in [0.15, 0.2) is 0 Å². The SMILES string of the molecule is Cc1cccc(C(=O)O)c1-c1cccc2cccc(OC(=O)C3CCCCC3C)c12. The fraction of sp³-hybridized carbons (Fsp3) is 0.308. The summed E-state index contributed by atoms with van der Waals surface area (Å²) >= 11 is 0. The number of aromatic carboxylic acids is 1. The summed E-state index contributed by atoms with van der Waals surface area (Å²) in [7, 11) is 0. The van der Waals surface area contributed by atoms with Crippen molar-refractivity contribution in [3.8, 4) is 16.9 Å². The van der Waals surface area contributed by atoms with Crippen LogP contribution in [0.4, 0.5) is 0 Å². The molecule has 0 heterocycles. The van der Waals surface area contributed by atoms with E-state index < -0.39 is 5.97 Å². The molecule has 0 spiro atoms. The maximum atomic E-state index is 13.0. The van der Waals surface area contributed by atoms with Crippen LogP contribution >= 0.6 is 0 Å². The highest BCUT2D eigenvalue weighted by Crippen LogP contribution is 2.39. The summed E-state index contributed by atoms with van der Waals surface area (Å²) in [6.45, 7) is 4.02. The number of carboxylic acid groups (broad SMARTS) is 1. The van der Waals surface area contributed by atoms with Crippen molar-refractivity contribution in [1.29, 1.82) is 0 Å². The molecule has 0 saturated heterocycles. The Bertz CT molecular complexity index is 1110. The number of hydrogen-bond donors (Lipinski definition) is 1. The number of esters is 1. The van der Waals surface area contributed by atoms with E-state index in [0.717, 1.165) is 47.6 Å². The summed E-state index contributed by atoms with van der Waals surface area (Å²) in [5, 5.41) is 11.4. The molecular weight excluding hydrogens is 376 g/mol. The molecule has 0 bridgehead atoms. The lowest BCUT2D eigenvalue weighted by Gasteiger charge is -2.27. The number of carboxylic acids is 1. The number of rotatable bonds is 4. The van der Waals surface area contributed by atoms with E-state index in [0.29, 0.717) is 17.2 Å². The molecule has 4 rings (SSSR count). The fourth-order valence-corrected chi connectivity index (χ4v) is 4.65. The lowest BCUT2D eigenvalue weighted by molar-refractivity contribution is -0.141. The minimum absolute atomic E-state index is 0.0887. The molecule has 4 heteroatoms. The van der Waals surface area contributed by atoms with Crippen molar-refractivity contribution in [3.05, 3.63) is 65.7 Å². The first-order valence-corrected chi connectivity index (χ1v) is 10.5. The van der Waals surface area contributed by atoms with E-state index in [-0.39, 0.29) is 17.5 Å². The molecule has 0 radical (unpaired) electrons. The third-order valence-electron chi connectivity index (χ3n) is 6.26. The first kappa shape index (κ1) is 20.1. The summed E-state index contributed by atoms with van der Waals surface area (Å²) < 4.78 is 5.95. The summed E-state index contributed by atoms with van der Waals surface area (Å²) in [5.41, 5.74) is 2.53. The summed E-state index contributed by atoms with van der Waals surface area (Å²) in [6.07, 6.45) is 4.12. The van der Waals surface area contributed by atoms with Crippen molar-refractivity contribution in [1.82, 2.24) is 0 Å². The molecule has 1 N–H and O–H groups in total. The maximum Gasteiger partial charge on any atom is 0.336 e. The van der Waals surface area contributed by atoms with Crippen LogP contribution in [0.25, 0.3) is 21.9 Å². The maximum absolute atomic E-state index is 13.0. The van der Waals surface area contributed by atoms with Gasteiger partial charge in [-0.15, -0.1) is 0 Å². The van der Waals surface area contributed by atoms with Gasteiger partial charge < -0.3 is 9.84 Å². The molecule has 1 fully saturated rings. The molecule has 30 heavy (non-hydrogen) atoms. The van der Waals surface area contributed by atoms with Crippen LogP contribution in [0.15, 0.2) is 54.6 Å². The van der Waals surface area contributed by atoms with Gasteiger partial charge in [-0.1, -0.05) is 62.2 Å². The zero-order chi connectivity index (χ0) is 21.3. The van der Waals surface area contributed by atoms with Gasteiger partial charge in [-0.3, -0.25) is 4.79 Å². The zero-order valence-electron chi connectivity index (χ0n) is 17.4. The summed E-state index contributed by atoms with van der Waals surface area (Å²) in [4.78, 5) is 24.9. The number of hydrogen-bond acceptors (Lipinski definition) is 3. The summed E-state index contributed by atoms with van der Waals surface area (Å²) in [5.74, 6) is -0.445. The van der Waals surface area contributed by atoms with Crippen molar-refractivity contribution in [3.63, 3.8) is 0 Å². The van der Waals surface area contributed by atoms with Crippen molar-refractivity contribution in [2.24, 2.45) is 11.8 Å². The normalized spacial score (nSPS) is 18.9. The predicted molar refractivity (Wildman–Crippen MR) is 118 cm³/mol. The van der Waals surface area contributed by atoms with Crippen LogP contribution in [-0.2, 0) is 4.79 Å². The Hall–Kier alpha value is -3.14. The molecule has 2 atom stereocenters. The molecule has 3 aromatic carbocycles. The van der Waals surface area contributed by atoms with Gasteiger partial charge in [-0.25, -0.2) is 4.79 Å². The Morgan fingerprint density at radius 2 is 1.67 bits per heavy atom. The second-order valence-electron chi connectivity index (χ2n) is 8.25. The topological polar surface area (TPSA) is 63.6 Å². The lowest BCUT2D eigenvalue weighted by atomic mass is 9.80. The molecule has 0 aliphatic heterocycles. The Labute approximate surface area is 176 Å². The van der Waals surface area contributed by atoms with E-state index in [9.17, 15) is 14.7 Å². The fourth-order valence-electron chi connectivity index (χ4n) is 4.65. The van der Waals surface area contributed by atoms with Gasteiger partial charge in [-0.2, -0.15) is 0 Å². The van der Waals surface area contributed by atoms with Gasteiger partial charge in [0.25, 0.3) is 0 Å². The van der Waals surface area contributed by atoms with E-state index in [4.69, 9.17) is 4.74 Å². The molecule has 0 aromatic heterocycles. The second-order valence-corrected chi connectivity index (χ2v) is 8.25. The van der Waals surface area contributed by atoms with Gasteiger partial charge in [0.1, 0.15) is 5.75 Å². The number of fused-ring (bicyclic) bond motifs is 1. The predicted octanol–water partition coefficient (Wildman–Crippen LogP) is 6.25. The average molecular weight is 402 g/mol. The van der Waals surface area contributed by atoms with Crippen LogP contribution < -0.4 is 4.74 Å². The van der Waals surface area contributed by atoms with Gasteiger partial charge >= 0.3 is 11.9 Å². The van der Waals surface area contributed by atoms with Crippen molar-refractivity contribution in [2.45, 2.75) is 39.5 Å². The second kappa shape index (κ2) is 8.31. The highest BCUT2D eigenvalue weighted by Gasteiger charge is 2.30. The average Bonchev–Trinajstić information content (AvgIpc) is 2.73. The molecule has 154 valence electrons. The lowest BCUT2D eigenvalue weighted by Crippen LogP contribution is -2.29. The minimum atomic E-state index is -0.976. The Kier molecular flexibility index (Phi) is 5.58. The standard InChI is InChI=1S/C26H26O4/c1-16-8-3-4-12-19(16)26(29)30-22-15-7-11-18-10-6-13-20(24(18)22)23-17(2)9-5-14-21(23)25(27)28/h5-7,9-11,13-16,19H,3-4,8,12H2,1-2H3,(H,27,28). The van der Waals surface area contributed by atoms with Gasteiger partial charge in [0, 0.05) is 5.39 Å². The van der Waals surface area contributed by atoms with Crippen molar-refractivity contribution < 1.29 is 19.4 Å². The largest absolute Gasteiger partial charge is 0.478 e. The van der Waals surface area contributed by atoms with Crippen LogP contribution in [-0.4, -0.2) is 17.0 Å². The van der Waals surface area contributed by atoms with E-state index >= 15 is 0 Å². The van der Waals surface area contributed by atoms with Gasteiger partial charge in [-0.05, 0) is 59.9 Å². The number of ether oxygens (including phenoxy) is 1. The Morgan fingerprint density at radius 3 is 2.40 bits per heavy atom. The Morgan fingerprint density at radius 1 is 0.967 bits per heavy atom. The van der Waals surface area contributed by atoms with Crippen LogP contribution in [0.1, 0.15) is 48.5 Å². The molecule has 0 amide bonds. The van der Waals surface area contributed by atoms with Crippen molar-refractivity contribution in [2.75, 3.05) is 0 Å². The van der Waals surface area contributed by atoms with E-state index in [2.05, 4.69) is 6.92 Å². The highest BCUT2D eigenvalue weighted by atomic mass is 16.5. The van der Waals surface area contributed by atoms with Crippen LogP contribution in [0.3, 0.4) is 0 Å². The third-order valence-corrected chi connectivity index (χ3v) is 6.26. The first-order chi connectivity index (χ1) is 14.5. The molecule has 2 unspecified atom stereocenters. The van der Waals surface area contributed by atoms with Crippen LogP contribution in [0, 0.1) is 18.8 Å². The number of carbonyl (C=O) groups is 2. The van der Waals surface area contributed by atoms with Crippen molar-refractivity contribution >= 4 is 22.7 Å². The zero-order valence-corrected chi connectivity index (χ0v) is 17.4. The Balaban J connectivity index is 1.85. The van der Waals surface area contributed by atoms with Crippen LogP contribution in [0.5, 0.6) is 5.75 Å². The van der Waals surface area contributed by atoms with E-state index in [1.54, 1.807) is 18.2 Å². The number of benzene rings is 3.